The number of aliphatic hydroxyl groups is 1. The molecule has 0 aliphatic heterocycles. The Labute approximate surface area is 123 Å². The minimum atomic E-state index is -3.36. The van der Waals surface area contributed by atoms with E-state index in [9.17, 15) is 8.42 Å². The van der Waals surface area contributed by atoms with Crippen LogP contribution in [0, 0.1) is 5.41 Å². The molecule has 0 amide bonds. The molecule has 6 heteroatoms. The van der Waals surface area contributed by atoms with Crippen LogP contribution in [-0.2, 0) is 10.2 Å². The van der Waals surface area contributed by atoms with Crippen molar-refractivity contribution in [3.8, 4) is 0 Å². The van der Waals surface area contributed by atoms with E-state index in [1.807, 2.05) is 13.8 Å². The minimum Gasteiger partial charge on any atom is -0.396 e. The van der Waals surface area contributed by atoms with Crippen LogP contribution in [0.5, 0.6) is 0 Å². The van der Waals surface area contributed by atoms with Crippen molar-refractivity contribution in [3.05, 3.63) is 0 Å². The summed E-state index contributed by atoms with van der Waals surface area (Å²) in [7, 11) is -1.69. The van der Waals surface area contributed by atoms with Gasteiger partial charge in [0.25, 0.3) is 10.2 Å². The van der Waals surface area contributed by atoms with Crippen molar-refractivity contribution in [2.45, 2.75) is 64.8 Å². The van der Waals surface area contributed by atoms with Crippen LogP contribution in [0.15, 0.2) is 0 Å². The van der Waals surface area contributed by atoms with Crippen molar-refractivity contribution >= 4 is 10.2 Å². The number of nitrogens with zero attached hydrogens (tertiary/aromatic N) is 1. The summed E-state index contributed by atoms with van der Waals surface area (Å²) in [5.74, 6) is 0. The molecule has 0 heterocycles. The highest BCUT2D eigenvalue weighted by atomic mass is 32.2. The molecular formula is C14H30N2O3S. The summed E-state index contributed by atoms with van der Waals surface area (Å²) in [6.45, 7) is 4.52. The maximum absolute atomic E-state index is 12.2. The number of nitrogens with one attached hydrogen (secondary N) is 1. The first-order valence-electron chi connectivity index (χ1n) is 7.62. The zero-order chi connectivity index (χ0) is 15.2. The molecule has 120 valence electrons. The van der Waals surface area contributed by atoms with Crippen LogP contribution in [0.3, 0.4) is 0 Å². The summed E-state index contributed by atoms with van der Waals surface area (Å²) in [6, 6.07) is 0.148. The van der Waals surface area contributed by atoms with E-state index >= 15 is 0 Å². The fourth-order valence-electron chi connectivity index (χ4n) is 2.59. The lowest BCUT2D eigenvalue weighted by molar-refractivity contribution is 0.148. The molecule has 1 rings (SSSR count). The average Bonchev–Trinajstić information content (AvgIpc) is 2.44. The fraction of sp³-hybridized carbons (Fsp3) is 1.00. The molecule has 0 saturated heterocycles. The van der Waals surface area contributed by atoms with Gasteiger partial charge in [-0.05, 0) is 31.1 Å². The third-order valence-electron chi connectivity index (χ3n) is 4.21. The zero-order valence-corrected chi connectivity index (χ0v) is 13.9. The van der Waals surface area contributed by atoms with Crippen molar-refractivity contribution in [2.75, 3.05) is 20.2 Å². The number of hydrogen-bond donors (Lipinski definition) is 2. The van der Waals surface area contributed by atoms with Crippen molar-refractivity contribution in [3.63, 3.8) is 0 Å². The van der Waals surface area contributed by atoms with Crippen LogP contribution in [-0.4, -0.2) is 44.1 Å². The quantitative estimate of drug-likeness (QED) is 0.673. The van der Waals surface area contributed by atoms with Crippen molar-refractivity contribution in [1.29, 1.82) is 0 Å². The van der Waals surface area contributed by atoms with Gasteiger partial charge in [0.1, 0.15) is 0 Å². The van der Waals surface area contributed by atoms with Crippen molar-refractivity contribution < 1.29 is 13.5 Å². The minimum absolute atomic E-state index is 0.127. The van der Waals surface area contributed by atoms with E-state index in [4.69, 9.17) is 5.11 Å². The van der Waals surface area contributed by atoms with E-state index in [0.717, 1.165) is 38.5 Å². The van der Waals surface area contributed by atoms with E-state index in [1.165, 1.54) is 10.7 Å². The molecule has 0 aromatic heterocycles. The zero-order valence-electron chi connectivity index (χ0n) is 13.1. The Morgan fingerprint density at radius 3 is 2.40 bits per heavy atom. The maximum atomic E-state index is 12.2. The predicted molar refractivity (Wildman–Crippen MR) is 81.7 cm³/mol. The van der Waals surface area contributed by atoms with Gasteiger partial charge in [-0.15, -0.1) is 0 Å². The van der Waals surface area contributed by atoms with Gasteiger partial charge in [0.15, 0.2) is 0 Å². The Morgan fingerprint density at radius 2 is 1.85 bits per heavy atom. The lowest BCUT2D eigenvalue weighted by Crippen LogP contribution is -2.45. The summed E-state index contributed by atoms with van der Waals surface area (Å²) < 4.78 is 28.6. The molecule has 20 heavy (non-hydrogen) atoms. The highest BCUT2D eigenvalue weighted by Crippen LogP contribution is 2.23. The first kappa shape index (κ1) is 17.9. The highest BCUT2D eigenvalue weighted by Gasteiger charge is 2.27. The second kappa shape index (κ2) is 7.73. The van der Waals surface area contributed by atoms with E-state index in [1.54, 1.807) is 7.05 Å². The van der Waals surface area contributed by atoms with Crippen LogP contribution in [0.4, 0.5) is 0 Å². The molecular weight excluding hydrogens is 276 g/mol. The van der Waals surface area contributed by atoms with Gasteiger partial charge >= 0.3 is 0 Å². The summed E-state index contributed by atoms with van der Waals surface area (Å²) in [5, 5.41) is 9.16. The van der Waals surface area contributed by atoms with Gasteiger partial charge in [-0.2, -0.15) is 12.7 Å². The normalized spacial score (nSPS) is 18.6. The van der Waals surface area contributed by atoms with E-state index in [2.05, 4.69) is 4.72 Å². The lowest BCUT2D eigenvalue weighted by Gasteiger charge is -2.30. The van der Waals surface area contributed by atoms with Gasteiger partial charge in [-0.3, -0.25) is 0 Å². The second-order valence-corrected chi connectivity index (χ2v) is 8.45. The van der Waals surface area contributed by atoms with Gasteiger partial charge in [-0.1, -0.05) is 33.1 Å². The molecule has 5 nitrogen and oxygen atoms in total. The average molecular weight is 306 g/mol. The summed E-state index contributed by atoms with van der Waals surface area (Å²) in [6.07, 6.45) is 6.94. The molecule has 0 spiro atoms. The fourth-order valence-corrected chi connectivity index (χ4v) is 3.80. The molecule has 1 aliphatic carbocycles. The monoisotopic (exact) mass is 306 g/mol. The van der Waals surface area contributed by atoms with E-state index < -0.39 is 10.2 Å². The maximum Gasteiger partial charge on any atom is 0.279 e. The summed E-state index contributed by atoms with van der Waals surface area (Å²) in [4.78, 5) is 0. The molecule has 1 fully saturated rings. The summed E-state index contributed by atoms with van der Waals surface area (Å²) in [5.41, 5.74) is -0.138. The molecule has 0 unspecified atom stereocenters. The highest BCUT2D eigenvalue weighted by molar-refractivity contribution is 7.87. The van der Waals surface area contributed by atoms with Crippen molar-refractivity contribution in [1.82, 2.24) is 9.03 Å². The van der Waals surface area contributed by atoms with Crippen LogP contribution in [0.25, 0.3) is 0 Å². The van der Waals surface area contributed by atoms with Gasteiger partial charge in [0.2, 0.25) is 0 Å². The topological polar surface area (TPSA) is 69.6 Å². The van der Waals surface area contributed by atoms with Crippen LogP contribution in [0.2, 0.25) is 0 Å². The Hall–Kier alpha value is -0.170. The van der Waals surface area contributed by atoms with Crippen molar-refractivity contribution in [2.24, 2.45) is 5.41 Å². The molecule has 0 aromatic rings. The Morgan fingerprint density at radius 1 is 1.25 bits per heavy atom. The molecule has 0 radical (unpaired) electrons. The SMILES string of the molecule is CN(C1CCCCC1)S(=O)(=O)NCCCC(C)(C)CO. The smallest absolute Gasteiger partial charge is 0.279 e. The third kappa shape index (κ3) is 5.68. The first-order chi connectivity index (χ1) is 9.28. The molecule has 1 aliphatic rings. The molecule has 1 saturated carbocycles. The van der Waals surface area contributed by atoms with Gasteiger partial charge in [-0.25, -0.2) is 4.72 Å². The van der Waals surface area contributed by atoms with Crippen LogP contribution in [0.1, 0.15) is 58.8 Å². The predicted octanol–water partition coefficient (Wildman–Crippen LogP) is 1.88. The molecule has 0 aromatic carbocycles. The Balaban J connectivity index is 2.37. The largest absolute Gasteiger partial charge is 0.396 e. The van der Waals surface area contributed by atoms with Gasteiger partial charge < -0.3 is 5.11 Å². The van der Waals surface area contributed by atoms with E-state index in [-0.39, 0.29) is 18.1 Å². The Kier molecular flexibility index (Phi) is 6.91. The molecule has 0 atom stereocenters. The van der Waals surface area contributed by atoms with Gasteiger partial charge in [0.05, 0.1) is 0 Å². The Bertz CT molecular complexity index is 376. The van der Waals surface area contributed by atoms with Gasteiger partial charge in [0, 0.05) is 26.2 Å². The van der Waals surface area contributed by atoms with Crippen LogP contribution >= 0.6 is 0 Å². The molecule has 2 N–H and O–H groups in total. The van der Waals surface area contributed by atoms with Crippen LogP contribution < -0.4 is 4.72 Å². The number of hydrogen-bond acceptors (Lipinski definition) is 3. The third-order valence-corrected chi connectivity index (χ3v) is 5.84. The first-order valence-corrected chi connectivity index (χ1v) is 9.06. The summed E-state index contributed by atoms with van der Waals surface area (Å²) >= 11 is 0. The lowest BCUT2D eigenvalue weighted by atomic mass is 9.89. The standard InChI is InChI=1S/C14H30N2O3S/c1-14(2,12-17)10-7-11-15-20(18,19)16(3)13-8-5-4-6-9-13/h13,15,17H,4-12H2,1-3H3. The van der Waals surface area contributed by atoms with E-state index in [0.29, 0.717) is 6.54 Å². The molecule has 0 bridgehead atoms. The number of rotatable bonds is 8. The number of aliphatic hydroxyl groups excluding tert-OH is 1. The second-order valence-electron chi connectivity index (χ2n) is 6.63.